The van der Waals surface area contributed by atoms with Gasteiger partial charge in [0.1, 0.15) is 10.3 Å². The summed E-state index contributed by atoms with van der Waals surface area (Å²) in [4.78, 5) is 31.2. The minimum atomic E-state index is -0.372. The highest BCUT2D eigenvalue weighted by Crippen LogP contribution is 2.38. The van der Waals surface area contributed by atoms with E-state index in [1.54, 1.807) is 11.3 Å². The van der Waals surface area contributed by atoms with Crippen LogP contribution in [0.15, 0.2) is 9.95 Å². The number of aromatic nitrogens is 2. The molecule has 8 heteroatoms. The number of hydrogen-bond acceptors (Lipinski definition) is 6. The molecule has 0 atom stereocenters. The number of hydrogen-bond donors (Lipinski definition) is 1. The highest BCUT2D eigenvalue weighted by atomic mass is 32.2. The Kier molecular flexibility index (Phi) is 5.07. The molecule has 146 valence electrons. The highest BCUT2D eigenvalue weighted by Gasteiger charge is 2.32. The van der Waals surface area contributed by atoms with Crippen LogP contribution in [0.4, 0.5) is 0 Å². The van der Waals surface area contributed by atoms with Crippen molar-refractivity contribution < 1.29 is 9.53 Å². The Morgan fingerprint density at radius 3 is 2.81 bits per heavy atom. The van der Waals surface area contributed by atoms with E-state index in [2.05, 4.69) is 4.57 Å². The van der Waals surface area contributed by atoms with Gasteiger partial charge < -0.3 is 15.0 Å². The van der Waals surface area contributed by atoms with Crippen LogP contribution in [0.2, 0.25) is 0 Å². The molecule has 1 fully saturated rings. The summed E-state index contributed by atoms with van der Waals surface area (Å²) in [5.74, 6) is -0.201. The third-order valence-electron chi connectivity index (χ3n) is 5.36. The third-order valence-corrected chi connectivity index (χ3v) is 7.53. The van der Waals surface area contributed by atoms with E-state index in [0.717, 1.165) is 33.3 Å². The Morgan fingerprint density at radius 1 is 1.37 bits per heavy atom. The summed E-state index contributed by atoms with van der Waals surface area (Å²) in [6.45, 7) is 4.50. The Balaban J connectivity index is 1.87. The number of primary amides is 1. The Morgan fingerprint density at radius 2 is 2.11 bits per heavy atom. The molecule has 2 aromatic heterocycles. The standard InChI is InChI=1S/C19H25N3O3S2/c1-19(2)8-12-13(9-25-19)27-17-15(16(12)24)21-18(26-10-14(20)23)22(17)11-6-4-3-5-7-11/h11H,3-10H2,1-2H3,(H2,20,23). The molecule has 1 aliphatic carbocycles. The second-order valence-corrected chi connectivity index (χ2v) is 10.0. The monoisotopic (exact) mass is 407 g/mol. The maximum absolute atomic E-state index is 13.2. The van der Waals surface area contributed by atoms with Crippen LogP contribution >= 0.6 is 23.1 Å². The smallest absolute Gasteiger partial charge is 0.227 e. The van der Waals surface area contributed by atoms with Crippen LogP contribution < -0.4 is 11.2 Å². The van der Waals surface area contributed by atoms with Crippen molar-refractivity contribution in [2.45, 2.75) is 75.8 Å². The molecule has 0 radical (unpaired) electrons. The van der Waals surface area contributed by atoms with Crippen LogP contribution in [-0.2, 0) is 22.6 Å². The van der Waals surface area contributed by atoms with E-state index in [1.807, 2.05) is 13.8 Å². The van der Waals surface area contributed by atoms with Crippen molar-refractivity contribution in [2.24, 2.45) is 5.73 Å². The van der Waals surface area contributed by atoms with Gasteiger partial charge >= 0.3 is 0 Å². The predicted molar refractivity (Wildman–Crippen MR) is 108 cm³/mol. The van der Waals surface area contributed by atoms with Gasteiger partial charge in [-0.25, -0.2) is 4.98 Å². The third kappa shape index (κ3) is 3.67. The van der Waals surface area contributed by atoms with E-state index < -0.39 is 0 Å². The zero-order valence-corrected chi connectivity index (χ0v) is 17.4. The van der Waals surface area contributed by atoms with Crippen molar-refractivity contribution in [3.8, 4) is 0 Å². The fraction of sp³-hybridized carbons (Fsp3) is 0.632. The van der Waals surface area contributed by atoms with Crippen LogP contribution in [0.3, 0.4) is 0 Å². The first-order valence-electron chi connectivity index (χ1n) is 9.47. The maximum atomic E-state index is 13.2. The van der Waals surface area contributed by atoms with Gasteiger partial charge in [-0.3, -0.25) is 9.59 Å². The van der Waals surface area contributed by atoms with Gasteiger partial charge in [-0.05, 0) is 26.7 Å². The average molecular weight is 408 g/mol. The molecule has 0 aromatic carbocycles. The normalized spacial score (nSPS) is 19.9. The molecule has 3 heterocycles. The molecule has 2 N–H and O–H groups in total. The van der Waals surface area contributed by atoms with E-state index >= 15 is 0 Å². The van der Waals surface area contributed by atoms with Gasteiger partial charge in [0.25, 0.3) is 0 Å². The topological polar surface area (TPSA) is 87.2 Å². The van der Waals surface area contributed by atoms with Gasteiger partial charge in [0.05, 0.1) is 18.0 Å². The van der Waals surface area contributed by atoms with Gasteiger partial charge in [-0.2, -0.15) is 0 Å². The lowest BCUT2D eigenvalue weighted by atomic mass is 9.95. The Labute approximate surface area is 166 Å². The average Bonchev–Trinajstić information content (AvgIpc) is 3.00. The number of carbonyl (C=O) groups is 1. The summed E-state index contributed by atoms with van der Waals surface area (Å²) in [5.41, 5.74) is 6.41. The zero-order chi connectivity index (χ0) is 19.2. The summed E-state index contributed by atoms with van der Waals surface area (Å²) < 4.78 is 8.14. The number of nitrogens with zero attached hydrogens (tertiary/aromatic N) is 2. The number of ether oxygens (including phenoxy) is 1. The largest absolute Gasteiger partial charge is 0.370 e. The van der Waals surface area contributed by atoms with Crippen molar-refractivity contribution in [1.29, 1.82) is 0 Å². The molecule has 27 heavy (non-hydrogen) atoms. The zero-order valence-electron chi connectivity index (χ0n) is 15.7. The Bertz CT molecular complexity index is 942. The molecule has 0 bridgehead atoms. The van der Waals surface area contributed by atoms with E-state index in [0.29, 0.717) is 24.6 Å². The first-order valence-corrected chi connectivity index (χ1v) is 11.3. The second-order valence-electron chi connectivity index (χ2n) is 8.02. The maximum Gasteiger partial charge on any atom is 0.227 e. The number of imidazole rings is 1. The predicted octanol–water partition coefficient (Wildman–Crippen LogP) is 3.39. The van der Waals surface area contributed by atoms with Crippen LogP contribution in [0, 0.1) is 0 Å². The van der Waals surface area contributed by atoms with E-state index in [-0.39, 0.29) is 22.7 Å². The van der Waals surface area contributed by atoms with E-state index in [9.17, 15) is 9.59 Å². The first kappa shape index (κ1) is 19.0. The van der Waals surface area contributed by atoms with Gasteiger partial charge in [0.2, 0.25) is 11.3 Å². The van der Waals surface area contributed by atoms with Crippen molar-refractivity contribution in [3.63, 3.8) is 0 Å². The van der Waals surface area contributed by atoms with Crippen LogP contribution in [-0.4, -0.2) is 26.8 Å². The molecular weight excluding hydrogens is 382 g/mol. The van der Waals surface area contributed by atoms with Crippen molar-refractivity contribution in [2.75, 3.05) is 5.75 Å². The summed E-state index contributed by atoms with van der Waals surface area (Å²) in [5, 5.41) is 0.742. The van der Waals surface area contributed by atoms with Gasteiger partial charge in [-0.1, -0.05) is 31.0 Å². The van der Waals surface area contributed by atoms with Crippen molar-refractivity contribution in [3.05, 3.63) is 20.7 Å². The lowest BCUT2D eigenvalue weighted by molar-refractivity contribution is -0.115. The minimum Gasteiger partial charge on any atom is -0.370 e. The molecule has 0 unspecified atom stereocenters. The first-order chi connectivity index (χ1) is 12.9. The molecule has 1 aliphatic heterocycles. The summed E-state index contributed by atoms with van der Waals surface area (Å²) in [7, 11) is 0. The number of fused-ring (bicyclic) bond motifs is 2. The van der Waals surface area contributed by atoms with Crippen LogP contribution in [0.25, 0.3) is 10.3 Å². The quantitative estimate of drug-likeness (QED) is 0.785. The van der Waals surface area contributed by atoms with E-state index in [4.69, 9.17) is 15.5 Å². The fourth-order valence-electron chi connectivity index (χ4n) is 4.02. The van der Waals surface area contributed by atoms with Gasteiger partial charge in [0, 0.05) is 22.9 Å². The molecule has 0 saturated heterocycles. The molecular formula is C19H25N3O3S2. The van der Waals surface area contributed by atoms with Crippen LogP contribution in [0.1, 0.15) is 62.4 Å². The van der Waals surface area contributed by atoms with Gasteiger partial charge in [-0.15, -0.1) is 11.3 Å². The molecule has 2 aromatic rings. The van der Waals surface area contributed by atoms with Crippen LogP contribution in [0.5, 0.6) is 0 Å². The fourth-order valence-corrected chi connectivity index (χ4v) is 6.10. The molecule has 2 aliphatic rings. The molecule has 1 amide bonds. The van der Waals surface area contributed by atoms with Crippen molar-refractivity contribution in [1.82, 2.24) is 9.55 Å². The lowest BCUT2D eigenvalue weighted by Gasteiger charge is -2.31. The molecule has 4 rings (SSSR count). The summed E-state index contributed by atoms with van der Waals surface area (Å²) >= 11 is 2.96. The van der Waals surface area contributed by atoms with Gasteiger partial charge in [0.15, 0.2) is 5.16 Å². The SMILES string of the molecule is CC1(C)Cc2c(sc3c(nc(SCC(N)=O)n3C3CCCCC3)c2=O)CO1. The number of amides is 1. The van der Waals surface area contributed by atoms with E-state index in [1.165, 1.54) is 31.0 Å². The summed E-state index contributed by atoms with van der Waals surface area (Å²) in [6.07, 6.45) is 6.38. The van der Waals surface area contributed by atoms with Crippen molar-refractivity contribution >= 4 is 39.4 Å². The number of nitrogens with two attached hydrogens (primary N) is 1. The number of carbonyl (C=O) groups excluding carboxylic acids is 1. The molecule has 1 saturated carbocycles. The second kappa shape index (κ2) is 7.22. The Hall–Kier alpha value is -1.38. The lowest BCUT2D eigenvalue weighted by Crippen LogP contribution is -2.34. The number of rotatable bonds is 4. The summed E-state index contributed by atoms with van der Waals surface area (Å²) in [6, 6.07) is 0.328. The highest BCUT2D eigenvalue weighted by molar-refractivity contribution is 7.99. The minimum absolute atomic E-state index is 0.0191. The number of thioether (sulfide) groups is 1. The molecule has 0 spiro atoms. The molecule has 6 nitrogen and oxygen atoms in total.